The Labute approximate surface area is 47.7 Å². The van der Waals surface area contributed by atoms with Crippen molar-refractivity contribution < 1.29 is 4.74 Å². The number of ether oxygens (including phenoxy) is 1. The van der Waals surface area contributed by atoms with Crippen molar-refractivity contribution >= 4 is 22.9 Å². The molecule has 39 valence electrons. The molecule has 0 aromatic heterocycles. The van der Waals surface area contributed by atoms with Gasteiger partial charge in [-0.3, -0.25) is 0 Å². The van der Waals surface area contributed by atoms with Crippen LogP contribution in [0.5, 0.6) is 0 Å². The van der Waals surface area contributed by atoms with E-state index in [0.29, 0.717) is 0 Å². The topological polar surface area (TPSA) is 9.23 Å². The van der Waals surface area contributed by atoms with Crippen molar-refractivity contribution in [3.05, 3.63) is 0 Å². The van der Waals surface area contributed by atoms with Gasteiger partial charge in [0.15, 0.2) is 0 Å². The summed E-state index contributed by atoms with van der Waals surface area (Å²) in [5, 5.41) is -0.214. The molecular weight excluding hydrogens is 106 g/mol. The Morgan fingerprint density at radius 2 is 2.14 bits per heavy atom. The van der Waals surface area contributed by atoms with Gasteiger partial charge in [0.25, 0.3) is 0 Å². The molecule has 0 aliphatic carbocycles. The van der Waals surface area contributed by atoms with E-state index in [0.717, 1.165) is 0 Å². The summed E-state index contributed by atoms with van der Waals surface area (Å²) in [4.78, 5) is 0. The third-order valence-electron chi connectivity index (χ3n) is 0.372. The second-order valence-corrected chi connectivity index (χ2v) is 3.25. The fourth-order valence-electron chi connectivity index (χ4n) is 0.175. The van der Waals surface area contributed by atoms with Gasteiger partial charge < -0.3 is 0 Å². The van der Waals surface area contributed by atoms with Crippen LogP contribution in [0, 0.1) is 0 Å². The van der Waals surface area contributed by atoms with Gasteiger partial charge in [-0.05, 0) is 0 Å². The molecule has 0 heterocycles. The quantitative estimate of drug-likeness (QED) is 0.377. The van der Waals surface area contributed by atoms with E-state index in [1.165, 1.54) is 6.15 Å². The first-order chi connectivity index (χ1) is 3.06. The molecule has 0 amide bonds. The molecule has 0 aliphatic heterocycles. The van der Waals surface area contributed by atoms with Crippen LogP contribution in [0.4, 0.5) is 0 Å². The van der Waals surface area contributed by atoms with E-state index in [-0.39, 0.29) is 5.34 Å². The molecule has 0 fully saturated rings. The predicted octanol–water partition coefficient (Wildman–Crippen LogP) is 0.542. The Bertz CT molecular complexity index is 66.6. The Morgan fingerprint density at radius 1 is 1.71 bits per heavy atom. The average Bonchev–Trinajstić information content (AvgIpc) is 1.30. The fourth-order valence-corrected chi connectivity index (χ4v) is 0.254. The molecule has 7 heavy (non-hydrogen) atoms. The van der Waals surface area contributed by atoms with Crippen LogP contribution >= 0.6 is 9.24 Å². The van der Waals surface area contributed by atoms with E-state index in [4.69, 9.17) is 12.2 Å². The van der Waals surface area contributed by atoms with Crippen molar-refractivity contribution in [3.8, 4) is 0 Å². The molecule has 1 radical (unpaired) electrons. The van der Waals surface area contributed by atoms with Crippen molar-refractivity contribution in [2.24, 2.45) is 0 Å². The van der Waals surface area contributed by atoms with Crippen LogP contribution in [0.3, 0.4) is 0 Å². The van der Waals surface area contributed by atoms with Gasteiger partial charge in [-0.2, -0.15) is 0 Å². The first kappa shape index (κ1) is 7.16. The molecular formula is C4H9BOP. The van der Waals surface area contributed by atoms with Gasteiger partial charge in [0.05, 0.1) is 0 Å². The summed E-state index contributed by atoms with van der Waals surface area (Å²) in [5.41, 5.74) is 0. The minimum atomic E-state index is -0.214. The Kier molecular flexibility index (Phi) is 2.53. The maximum absolute atomic E-state index is 4.95. The molecule has 1 unspecified atom stereocenters. The van der Waals surface area contributed by atoms with Crippen LogP contribution in [-0.2, 0) is 4.74 Å². The summed E-state index contributed by atoms with van der Waals surface area (Å²) in [6, 6.07) is 0. The Morgan fingerprint density at radius 3 is 2.14 bits per heavy atom. The van der Waals surface area contributed by atoms with Crippen LogP contribution in [0.15, 0.2) is 0 Å². The zero-order valence-electron chi connectivity index (χ0n) is 4.64. The van der Waals surface area contributed by atoms with E-state index < -0.39 is 0 Å². The van der Waals surface area contributed by atoms with Crippen molar-refractivity contribution in [2.45, 2.75) is 19.2 Å². The SMILES string of the molecule is [B]=COC(C)(C)P. The zero-order chi connectivity index (χ0) is 5.91. The molecule has 0 aliphatic rings. The van der Waals surface area contributed by atoms with Crippen molar-refractivity contribution in [1.29, 1.82) is 0 Å². The Hall–Kier alpha value is 0.165. The molecule has 0 aromatic rings. The van der Waals surface area contributed by atoms with Crippen molar-refractivity contribution in [3.63, 3.8) is 0 Å². The van der Waals surface area contributed by atoms with Gasteiger partial charge in [-0.1, -0.05) is 0 Å². The van der Waals surface area contributed by atoms with Gasteiger partial charge >= 0.3 is 46.8 Å². The van der Waals surface area contributed by atoms with Gasteiger partial charge in [0.1, 0.15) is 0 Å². The predicted molar refractivity (Wildman–Crippen MR) is 36.7 cm³/mol. The number of rotatable bonds is 2. The fraction of sp³-hybridized carbons (Fsp3) is 0.750. The number of hydrogen-bond acceptors (Lipinski definition) is 1. The van der Waals surface area contributed by atoms with Crippen LogP contribution < -0.4 is 0 Å². The zero-order valence-corrected chi connectivity index (χ0v) is 5.79. The summed E-state index contributed by atoms with van der Waals surface area (Å²) < 4.78 is 4.84. The molecule has 0 spiro atoms. The molecule has 0 saturated carbocycles. The molecule has 0 saturated heterocycles. The Balaban J connectivity index is 3.34. The molecule has 0 rings (SSSR count). The van der Waals surface area contributed by atoms with Gasteiger partial charge in [-0.15, -0.1) is 0 Å². The van der Waals surface area contributed by atoms with Crippen LogP contribution in [-0.4, -0.2) is 19.0 Å². The van der Waals surface area contributed by atoms with E-state index in [9.17, 15) is 0 Å². The van der Waals surface area contributed by atoms with E-state index in [1.807, 2.05) is 13.8 Å². The van der Waals surface area contributed by atoms with E-state index in [1.54, 1.807) is 0 Å². The first-order valence-corrected chi connectivity index (χ1v) is 2.64. The van der Waals surface area contributed by atoms with Crippen LogP contribution in [0.1, 0.15) is 13.8 Å². The van der Waals surface area contributed by atoms with Gasteiger partial charge in [0.2, 0.25) is 0 Å². The minimum absolute atomic E-state index is 0.214. The summed E-state index contributed by atoms with van der Waals surface area (Å²) >= 11 is 0. The molecule has 3 heteroatoms. The standard InChI is InChI=1S/C4H9BOP/c1-4(2,7)6-3-5/h3H,7H2,1-2H3. The normalized spacial score (nSPS) is 10.6. The van der Waals surface area contributed by atoms with E-state index >= 15 is 0 Å². The molecule has 1 nitrogen and oxygen atoms in total. The summed E-state index contributed by atoms with van der Waals surface area (Å²) in [6.45, 7) is 3.81. The second kappa shape index (κ2) is 2.47. The maximum atomic E-state index is 4.95. The summed E-state index contributed by atoms with van der Waals surface area (Å²) in [5.74, 6) is 0. The molecule has 0 N–H and O–H groups in total. The third kappa shape index (κ3) is 6.16. The molecule has 0 aromatic carbocycles. The molecule has 0 bridgehead atoms. The van der Waals surface area contributed by atoms with Gasteiger partial charge in [-0.25, -0.2) is 0 Å². The van der Waals surface area contributed by atoms with Crippen molar-refractivity contribution in [1.82, 2.24) is 0 Å². The summed E-state index contributed by atoms with van der Waals surface area (Å²) in [6.07, 6.45) is 1.19. The van der Waals surface area contributed by atoms with Gasteiger partial charge in [0, 0.05) is 0 Å². The number of hydrogen-bond donors (Lipinski definition) is 0. The average molecular weight is 115 g/mol. The second-order valence-electron chi connectivity index (χ2n) is 1.86. The van der Waals surface area contributed by atoms with E-state index in [2.05, 4.69) is 9.24 Å². The van der Waals surface area contributed by atoms with Crippen molar-refractivity contribution in [2.75, 3.05) is 0 Å². The third-order valence-corrected chi connectivity index (χ3v) is 0.508. The van der Waals surface area contributed by atoms with Crippen LogP contribution in [0.25, 0.3) is 0 Å². The monoisotopic (exact) mass is 115 g/mol. The van der Waals surface area contributed by atoms with Crippen LogP contribution in [0.2, 0.25) is 0 Å². The molecule has 1 atom stereocenters. The first-order valence-electron chi connectivity index (χ1n) is 2.06. The summed E-state index contributed by atoms with van der Waals surface area (Å²) in [7, 11) is 7.46.